The van der Waals surface area contributed by atoms with Gasteiger partial charge in [0.15, 0.2) is 0 Å². The Morgan fingerprint density at radius 3 is 3.00 bits per heavy atom. The first-order valence-electron chi connectivity index (χ1n) is 10.6. The molecule has 1 aromatic carbocycles. The maximum atomic E-state index is 13.2. The maximum Gasteiger partial charge on any atom is 0.262 e. The molecule has 3 aromatic rings. The minimum absolute atomic E-state index is 0.0706. The Morgan fingerprint density at radius 2 is 2.20 bits per heavy atom. The van der Waals surface area contributed by atoms with E-state index in [9.17, 15) is 4.79 Å². The van der Waals surface area contributed by atoms with Crippen LogP contribution in [0.25, 0.3) is 10.2 Å². The number of aryl methyl sites for hydroxylation is 3. The van der Waals surface area contributed by atoms with Crippen LogP contribution in [0.4, 0.5) is 0 Å². The molecule has 0 saturated heterocycles. The largest absolute Gasteiger partial charge is 0.377 e. The summed E-state index contributed by atoms with van der Waals surface area (Å²) in [4.78, 5) is 20.0. The van der Waals surface area contributed by atoms with Crippen LogP contribution in [0.1, 0.15) is 36.3 Å². The highest BCUT2D eigenvalue weighted by Crippen LogP contribution is 2.33. The predicted molar refractivity (Wildman–Crippen MR) is 124 cm³/mol. The van der Waals surface area contributed by atoms with Gasteiger partial charge in [-0.1, -0.05) is 29.8 Å². The van der Waals surface area contributed by atoms with E-state index in [2.05, 4.69) is 24.1 Å². The fourth-order valence-electron chi connectivity index (χ4n) is 4.03. The number of thiophene rings is 1. The van der Waals surface area contributed by atoms with Crippen LogP contribution in [0.5, 0.6) is 0 Å². The number of hydrogen-bond donors (Lipinski definition) is 1. The van der Waals surface area contributed by atoms with Gasteiger partial charge in [0, 0.05) is 29.0 Å². The molecule has 5 nitrogen and oxygen atoms in total. The van der Waals surface area contributed by atoms with Gasteiger partial charge >= 0.3 is 0 Å². The van der Waals surface area contributed by atoms with Crippen molar-refractivity contribution < 1.29 is 4.74 Å². The number of halogens is 1. The topological polar surface area (TPSA) is 56.1 Å². The molecule has 0 spiro atoms. The highest BCUT2D eigenvalue weighted by atomic mass is 35.5. The molecule has 4 rings (SSSR count). The molecule has 160 valence electrons. The summed E-state index contributed by atoms with van der Waals surface area (Å²) in [5.41, 5.74) is 2.33. The third-order valence-corrected chi connectivity index (χ3v) is 7.13. The first-order valence-corrected chi connectivity index (χ1v) is 11.8. The van der Waals surface area contributed by atoms with Gasteiger partial charge in [0.1, 0.15) is 4.83 Å². The first-order chi connectivity index (χ1) is 14.5. The van der Waals surface area contributed by atoms with E-state index in [1.165, 1.54) is 10.4 Å². The molecule has 7 heteroatoms. The molecule has 0 amide bonds. The van der Waals surface area contributed by atoms with Gasteiger partial charge in [0.05, 0.1) is 24.4 Å². The fraction of sp³-hybridized carbons (Fsp3) is 0.478. The van der Waals surface area contributed by atoms with Gasteiger partial charge in [0.25, 0.3) is 5.56 Å². The van der Waals surface area contributed by atoms with Crippen molar-refractivity contribution in [1.82, 2.24) is 14.9 Å². The average Bonchev–Trinajstić information content (AvgIpc) is 3.10. The molecule has 1 aliphatic carbocycles. The molecule has 2 heterocycles. The molecule has 0 saturated carbocycles. The van der Waals surface area contributed by atoms with Gasteiger partial charge in [-0.2, -0.15) is 0 Å². The average molecular weight is 446 g/mol. The number of nitrogens with one attached hydrogen (secondary N) is 1. The van der Waals surface area contributed by atoms with Crippen molar-refractivity contribution in [3.8, 4) is 0 Å². The molecule has 2 aromatic heterocycles. The molecule has 1 atom stereocenters. The third kappa shape index (κ3) is 4.78. The van der Waals surface area contributed by atoms with E-state index in [0.717, 1.165) is 53.2 Å². The molecule has 0 radical (unpaired) electrons. The molecule has 1 N–H and O–H groups in total. The summed E-state index contributed by atoms with van der Waals surface area (Å²) in [6.07, 6.45) is 5.57. The Morgan fingerprint density at radius 1 is 1.37 bits per heavy atom. The lowest BCUT2D eigenvalue weighted by Crippen LogP contribution is -2.36. The number of aromatic nitrogens is 2. The number of benzene rings is 1. The highest BCUT2D eigenvalue weighted by molar-refractivity contribution is 7.18. The van der Waals surface area contributed by atoms with Crippen molar-refractivity contribution in [3.05, 3.63) is 62.0 Å². The SMILES string of the molecule is CC(C)OCCN[C@H]1CCc2c(sc3ncn(CCc4ccccc4Cl)c(=O)c23)C1. The quantitative estimate of drug-likeness (QED) is 0.527. The van der Waals surface area contributed by atoms with Crippen LogP contribution in [0.15, 0.2) is 35.4 Å². The zero-order valence-electron chi connectivity index (χ0n) is 17.5. The highest BCUT2D eigenvalue weighted by Gasteiger charge is 2.25. The molecule has 0 bridgehead atoms. The minimum atomic E-state index is 0.0706. The van der Waals surface area contributed by atoms with Crippen molar-refractivity contribution in [2.75, 3.05) is 13.2 Å². The summed E-state index contributed by atoms with van der Waals surface area (Å²) in [7, 11) is 0. The number of rotatable bonds is 8. The minimum Gasteiger partial charge on any atom is -0.377 e. The van der Waals surface area contributed by atoms with E-state index in [1.807, 2.05) is 24.3 Å². The van der Waals surface area contributed by atoms with Crippen LogP contribution in [0.2, 0.25) is 5.02 Å². The Labute approximate surface area is 186 Å². The monoisotopic (exact) mass is 445 g/mol. The Balaban J connectivity index is 1.47. The van der Waals surface area contributed by atoms with Crippen molar-refractivity contribution >= 4 is 33.2 Å². The number of fused-ring (bicyclic) bond motifs is 3. The predicted octanol–water partition coefficient (Wildman–Crippen LogP) is 4.23. The Bertz CT molecular complexity index is 1080. The van der Waals surface area contributed by atoms with E-state index >= 15 is 0 Å². The van der Waals surface area contributed by atoms with Crippen LogP contribution in [0, 0.1) is 0 Å². The van der Waals surface area contributed by atoms with E-state index < -0.39 is 0 Å². The van der Waals surface area contributed by atoms with E-state index in [1.54, 1.807) is 22.2 Å². The molecule has 0 aliphatic heterocycles. The van der Waals surface area contributed by atoms with Crippen LogP contribution < -0.4 is 10.9 Å². The second-order valence-corrected chi connectivity index (χ2v) is 9.57. The molecule has 30 heavy (non-hydrogen) atoms. The number of nitrogens with zero attached hydrogens (tertiary/aromatic N) is 2. The second kappa shape index (κ2) is 9.60. The first kappa shape index (κ1) is 21.5. The number of ether oxygens (including phenoxy) is 1. The molecule has 0 fully saturated rings. The fourth-order valence-corrected chi connectivity index (χ4v) is 5.52. The van der Waals surface area contributed by atoms with Crippen LogP contribution in [0.3, 0.4) is 0 Å². The second-order valence-electron chi connectivity index (χ2n) is 8.08. The van der Waals surface area contributed by atoms with Gasteiger partial charge in [-0.3, -0.25) is 9.36 Å². The molecular formula is C23H28ClN3O2S. The van der Waals surface area contributed by atoms with E-state index in [-0.39, 0.29) is 11.7 Å². The molecule has 1 aliphatic rings. The summed E-state index contributed by atoms with van der Waals surface area (Å²) < 4.78 is 7.35. The summed E-state index contributed by atoms with van der Waals surface area (Å²) in [5.74, 6) is 0. The van der Waals surface area contributed by atoms with Crippen molar-refractivity contribution in [3.63, 3.8) is 0 Å². The van der Waals surface area contributed by atoms with Crippen LogP contribution >= 0.6 is 22.9 Å². The lowest BCUT2D eigenvalue weighted by Gasteiger charge is -2.23. The Hall–Kier alpha value is -1.73. The van der Waals surface area contributed by atoms with Crippen molar-refractivity contribution in [1.29, 1.82) is 0 Å². The lowest BCUT2D eigenvalue weighted by atomic mass is 9.93. The summed E-state index contributed by atoms with van der Waals surface area (Å²) in [5, 5.41) is 5.16. The molecule has 0 unspecified atom stereocenters. The van der Waals surface area contributed by atoms with Gasteiger partial charge in [0.2, 0.25) is 0 Å². The van der Waals surface area contributed by atoms with Gasteiger partial charge in [-0.25, -0.2) is 4.98 Å². The third-order valence-electron chi connectivity index (χ3n) is 5.60. The number of hydrogen-bond acceptors (Lipinski definition) is 5. The lowest BCUT2D eigenvalue weighted by molar-refractivity contribution is 0.0791. The Kier molecular flexibility index (Phi) is 6.88. The van der Waals surface area contributed by atoms with Gasteiger partial charge < -0.3 is 10.1 Å². The summed E-state index contributed by atoms with van der Waals surface area (Å²) >= 11 is 7.93. The molecular weight excluding hydrogens is 418 g/mol. The maximum absolute atomic E-state index is 13.2. The van der Waals surface area contributed by atoms with E-state index in [4.69, 9.17) is 16.3 Å². The van der Waals surface area contributed by atoms with Crippen molar-refractivity contribution in [2.24, 2.45) is 0 Å². The standard InChI is InChI=1S/C23H28ClN3O2S/c1-15(2)29-12-10-25-17-7-8-18-20(13-17)30-22-21(18)23(28)27(14-26-22)11-9-16-5-3-4-6-19(16)24/h3-6,14-15,17,25H,7-13H2,1-2H3/t17-/m0/s1. The van der Waals surface area contributed by atoms with E-state index in [0.29, 0.717) is 19.0 Å². The smallest absolute Gasteiger partial charge is 0.262 e. The summed E-state index contributed by atoms with van der Waals surface area (Å²) in [6, 6.07) is 8.22. The van der Waals surface area contributed by atoms with Gasteiger partial charge in [-0.15, -0.1) is 11.3 Å². The normalized spacial score (nSPS) is 16.3. The van der Waals surface area contributed by atoms with Gasteiger partial charge in [-0.05, 0) is 56.7 Å². The van der Waals surface area contributed by atoms with Crippen molar-refractivity contribution in [2.45, 2.75) is 58.2 Å². The zero-order valence-corrected chi connectivity index (χ0v) is 19.1. The van der Waals surface area contributed by atoms with Crippen LogP contribution in [-0.2, 0) is 30.5 Å². The zero-order chi connectivity index (χ0) is 21.1. The van der Waals surface area contributed by atoms with Crippen LogP contribution in [-0.4, -0.2) is 34.8 Å². The summed E-state index contributed by atoms with van der Waals surface area (Å²) in [6.45, 7) is 6.27.